The summed E-state index contributed by atoms with van der Waals surface area (Å²) in [5.74, 6) is -0.242. The second-order valence-electron chi connectivity index (χ2n) is 5.29. The van der Waals surface area contributed by atoms with Crippen LogP contribution < -0.4 is 5.32 Å². The van der Waals surface area contributed by atoms with Crippen LogP contribution in [0.5, 0.6) is 0 Å². The fraction of sp³-hybridized carbons (Fsp3) is 0.429. The minimum absolute atomic E-state index is 0.0839. The predicted octanol–water partition coefficient (Wildman–Crippen LogP) is 3.03. The van der Waals surface area contributed by atoms with Crippen LogP contribution >= 0.6 is 11.6 Å². The number of anilines is 1. The minimum atomic E-state index is -0.605. The summed E-state index contributed by atoms with van der Waals surface area (Å²) in [6.07, 6.45) is 0. The van der Waals surface area contributed by atoms with Gasteiger partial charge in [-0.05, 0) is 44.9 Å². The van der Waals surface area contributed by atoms with E-state index < -0.39 is 10.8 Å². The molecule has 96 valence electrons. The lowest BCUT2D eigenvalue weighted by atomic mass is 9.84. The van der Waals surface area contributed by atoms with Crippen molar-refractivity contribution in [3.63, 3.8) is 0 Å². The lowest BCUT2D eigenvalue weighted by Gasteiger charge is -2.16. The Labute approximate surface area is 112 Å². The third-order valence-corrected chi connectivity index (χ3v) is 3.59. The van der Waals surface area contributed by atoms with Crippen LogP contribution in [0.2, 0.25) is 0 Å². The van der Waals surface area contributed by atoms with Gasteiger partial charge in [0, 0.05) is 5.56 Å². The molecule has 1 aliphatic rings. The number of rotatable bonds is 2. The maximum atomic E-state index is 12.1. The molecule has 1 heterocycles. The highest BCUT2D eigenvalue weighted by Crippen LogP contribution is 2.40. The Balaban J connectivity index is 2.67. The van der Waals surface area contributed by atoms with Crippen molar-refractivity contribution in [2.24, 2.45) is 0 Å². The number of fused-ring (bicyclic) bond motifs is 1. The molecule has 0 saturated carbocycles. The summed E-state index contributed by atoms with van der Waals surface area (Å²) < 4.78 is 0. The van der Waals surface area contributed by atoms with Gasteiger partial charge in [0.15, 0.2) is 5.78 Å². The van der Waals surface area contributed by atoms with E-state index in [4.69, 9.17) is 11.6 Å². The van der Waals surface area contributed by atoms with Gasteiger partial charge in [-0.25, -0.2) is 0 Å². The summed E-state index contributed by atoms with van der Waals surface area (Å²) >= 11 is 5.86. The van der Waals surface area contributed by atoms with Gasteiger partial charge in [-0.2, -0.15) is 0 Å². The molecule has 2 rings (SSSR count). The Morgan fingerprint density at radius 2 is 2.00 bits per heavy atom. The summed E-state index contributed by atoms with van der Waals surface area (Å²) in [7, 11) is 0. The third kappa shape index (κ3) is 1.83. The molecule has 0 radical (unpaired) electrons. The highest BCUT2D eigenvalue weighted by Gasteiger charge is 2.40. The van der Waals surface area contributed by atoms with Crippen molar-refractivity contribution in [1.82, 2.24) is 0 Å². The molecule has 0 aromatic heterocycles. The van der Waals surface area contributed by atoms with E-state index in [-0.39, 0.29) is 11.7 Å². The number of amides is 1. The van der Waals surface area contributed by atoms with Crippen molar-refractivity contribution in [2.45, 2.75) is 38.5 Å². The molecule has 1 aliphatic heterocycles. The normalized spacial score (nSPS) is 18.2. The van der Waals surface area contributed by atoms with Gasteiger partial charge in [0.2, 0.25) is 5.91 Å². The van der Waals surface area contributed by atoms with Crippen molar-refractivity contribution >= 4 is 29.0 Å². The topological polar surface area (TPSA) is 46.2 Å². The molecule has 0 fully saturated rings. The number of benzene rings is 1. The van der Waals surface area contributed by atoms with Crippen molar-refractivity contribution in [3.05, 3.63) is 28.8 Å². The predicted molar refractivity (Wildman–Crippen MR) is 72.5 cm³/mol. The standard InChI is InChI=1S/C14H16ClNO2/c1-7-5-9(12(17)8(2)15)11-10(6-7)14(3,4)13(18)16-11/h5-6,8H,1-4H3,(H,16,18). The maximum Gasteiger partial charge on any atom is 0.234 e. The Morgan fingerprint density at radius 3 is 2.56 bits per heavy atom. The number of ketones is 1. The van der Waals surface area contributed by atoms with Crippen LogP contribution in [0.3, 0.4) is 0 Å². The molecule has 1 unspecified atom stereocenters. The summed E-state index contributed by atoms with van der Waals surface area (Å²) in [4.78, 5) is 24.0. The molecule has 1 amide bonds. The molecule has 1 aromatic rings. The molecule has 18 heavy (non-hydrogen) atoms. The van der Waals surface area contributed by atoms with Gasteiger partial charge in [-0.15, -0.1) is 11.6 Å². The molecule has 0 aliphatic carbocycles. The van der Waals surface area contributed by atoms with Gasteiger partial charge >= 0.3 is 0 Å². The van der Waals surface area contributed by atoms with Crippen molar-refractivity contribution in [2.75, 3.05) is 5.32 Å². The second-order valence-corrected chi connectivity index (χ2v) is 5.95. The lowest BCUT2D eigenvalue weighted by Crippen LogP contribution is -2.26. The van der Waals surface area contributed by atoms with Crippen molar-refractivity contribution in [3.8, 4) is 0 Å². The summed E-state index contributed by atoms with van der Waals surface area (Å²) in [6, 6.07) is 3.73. The summed E-state index contributed by atoms with van der Waals surface area (Å²) in [5, 5.41) is 2.20. The third-order valence-electron chi connectivity index (χ3n) is 3.39. The largest absolute Gasteiger partial charge is 0.324 e. The molecule has 0 saturated heterocycles. The van der Waals surface area contributed by atoms with Crippen LogP contribution in [0.15, 0.2) is 12.1 Å². The van der Waals surface area contributed by atoms with Gasteiger partial charge in [0.1, 0.15) is 0 Å². The highest BCUT2D eigenvalue weighted by atomic mass is 35.5. The number of carbonyl (C=O) groups excluding carboxylic acids is 2. The number of nitrogens with one attached hydrogen (secondary N) is 1. The van der Waals surface area contributed by atoms with E-state index in [2.05, 4.69) is 5.32 Å². The Kier molecular flexibility index (Phi) is 2.98. The molecular formula is C14H16ClNO2. The highest BCUT2D eigenvalue weighted by molar-refractivity contribution is 6.34. The van der Waals surface area contributed by atoms with Gasteiger partial charge < -0.3 is 5.32 Å². The molecule has 0 bridgehead atoms. The quantitative estimate of drug-likeness (QED) is 0.660. The lowest BCUT2D eigenvalue weighted by molar-refractivity contribution is -0.119. The SMILES string of the molecule is Cc1cc(C(=O)C(C)Cl)c2c(c1)C(C)(C)C(=O)N2. The number of hydrogen-bond acceptors (Lipinski definition) is 2. The smallest absolute Gasteiger partial charge is 0.234 e. The second kappa shape index (κ2) is 4.09. The van der Waals surface area contributed by atoms with E-state index in [0.29, 0.717) is 11.3 Å². The van der Waals surface area contributed by atoms with Crippen LogP contribution in [0.25, 0.3) is 0 Å². The zero-order valence-corrected chi connectivity index (χ0v) is 11.7. The number of halogens is 1. The fourth-order valence-electron chi connectivity index (χ4n) is 2.21. The van der Waals surface area contributed by atoms with Crippen LogP contribution in [0, 0.1) is 6.92 Å². The average molecular weight is 266 g/mol. The monoisotopic (exact) mass is 265 g/mol. The number of alkyl halides is 1. The molecule has 4 heteroatoms. The van der Waals surface area contributed by atoms with E-state index in [1.807, 2.05) is 26.8 Å². The van der Waals surface area contributed by atoms with Gasteiger partial charge in [0.05, 0.1) is 16.5 Å². The van der Waals surface area contributed by atoms with Crippen molar-refractivity contribution in [1.29, 1.82) is 0 Å². The van der Waals surface area contributed by atoms with E-state index in [0.717, 1.165) is 11.1 Å². The molecule has 1 N–H and O–H groups in total. The molecule has 1 atom stereocenters. The van der Waals surface area contributed by atoms with Gasteiger partial charge in [-0.1, -0.05) is 6.07 Å². The van der Waals surface area contributed by atoms with Gasteiger partial charge in [-0.3, -0.25) is 9.59 Å². The molecule has 3 nitrogen and oxygen atoms in total. The number of carbonyl (C=O) groups is 2. The number of hydrogen-bond donors (Lipinski definition) is 1. The Morgan fingerprint density at radius 1 is 1.39 bits per heavy atom. The first kappa shape index (κ1) is 13.1. The van der Waals surface area contributed by atoms with Crippen LogP contribution in [-0.4, -0.2) is 17.1 Å². The average Bonchev–Trinajstić information content (AvgIpc) is 2.49. The first-order valence-electron chi connectivity index (χ1n) is 5.90. The zero-order chi connectivity index (χ0) is 13.7. The van der Waals surface area contributed by atoms with Gasteiger partial charge in [0.25, 0.3) is 0 Å². The summed E-state index contributed by atoms with van der Waals surface area (Å²) in [6.45, 7) is 7.26. The first-order chi connectivity index (χ1) is 8.25. The molecule has 1 aromatic carbocycles. The van der Waals surface area contributed by atoms with E-state index in [1.54, 1.807) is 13.0 Å². The Hall–Kier alpha value is -1.35. The molecule has 0 spiro atoms. The van der Waals surface area contributed by atoms with Crippen LogP contribution in [-0.2, 0) is 10.2 Å². The first-order valence-corrected chi connectivity index (χ1v) is 6.33. The Bertz CT molecular complexity index is 547. The maximum absolute atomic E-state index is 12.1. The van der Waals surface area contributed by atoms with Crippen LogP contribution in [0.1, 0.15) is 42.3 Å². The minimum Gasteiger partial charge on any atom is -0.324 e. The number of Topliss-reactive ketones (excluding diaryl/α,β-unsaturated/α-hetero) is 1. The van der Waals surface area contributed by atoms with E-state index in [9.17, 15) is 9.59 Å². The number of aryl methyl sites for hydroxylation is 1. The van der Waals surface area contributed by atoms with E-state index >= 15 is 0 Å². The zero-order valence-electron chi connectivity index (χ0n) is 10.9. The van der Waals surface area contributed by atoms with E-state index in [1.165, 1.54) is 0 Å². The molecular weight excluding hydrogens is 250 g/mol. The van der Waals surface area contributed by atoms with Crippen LogP contribution in [0.4, 0.5) is 5.69 Å². The fourth-order valence-corrected chi connectivity index (χ4v) is 2.33. The van der Waals surface area contributed by atoms with Crippen molar-refractivity contribution < 1.29 is 9.59 Å². The summed E-state index contributed by atoms with van der Waals surface area (Å²) in [5.41, 5.74) is 2.35.